The Bertz CT molecular complexity index is 417. The number of allylic oxidation sites excluding steroid dienone is 12. The van der Waals surface area contributed by atoms with E-state index in [1.165, 1.54) is 0 Å². The van der Waals surface area contributed by atoms with Crippen molar-refractivity contribution in [3.8, 4) is 0 Å². The molecular weight excluding hydrogens is 215 g/mol. The zero-order valence-corrected chi connectivity index (χ0v) is 10.8. The molecule has 1 unspecified atom stereocenters. The minimum atomic E-state index is -0.244. The van der Waals surface area contributed by atoms with Gasteiger partial charge in [-0.2, -0.15) is 0 Å². The molecule has 90 valence electrons. The van der Waals surface area contributed by atoms with Crippen LogP contribution in [0.5, 0.6) is 0 Å². The van der Waals surface area contributed by atoms with Crippen LogP contribution in [0.1, 0.15) is 0 Å². The Hall–Kier alpha value is -2.02. The first-order valence-corrected chi connectivity index (χ1v) is 5.70. The third-order valence-corrected chi connectivity index (χ3v) is 2.22. The second kappa shape index (κ2) is 10.2. The van der Waals surface area contributed by atoms with Gasteiger partial charge in [-0.15, -0.1) is 0 Å². The van der Waals surface area contributed by atoms with Gasteiger partial charge in [-0.25, -0.2) is 0 Å². The lowest BCUT2D eigenvalue weighted by Gasteiger charge is -2.14. The van der Waals surface area contributed by atoms with E-state index in [-0.39, 0.29) is 5.82 Å². The molecule has 0 N–H and O–H groups in total. The highest BCUT2D eigenvalue weighted by Gasteiger charge is 2.07. The van der Waals surface area contributed by atoms with E-state index in [2.05, 4.69) is 26.3 Å². The number of rotatable bonds is 8. The summed E-state index contributed by atoms with van der Waals surface area (Å²) in [6.07, 6.45) is 18.1. The van der Waals surface area contributed by atoms with Crippen molar-refractivity contribution in [2.24, 2.45) is 0 Å². The lowest BCUT2D eigenvalue weighted by atomic mass is 9.74. The third-order valence-electron chi connectivity index (χ3n) is 2.22. The molecule has 0 spiro atoms. The first kappa shape index (κ1) is 16.0. The van der Waals surface area contributed by atoms with Crippen LogP contribution in [0.25, 0.3) is 0 Å². The summed E-state index contributed by atoms with van der Waals surface area (Å²) in [5, 5.41) is 0. The molecule has 0 saturated carbocycles. The maximum Gasteiger partial charge on any atom is 0.0828 e. The molecule has 0 aromatic rings. The van der Waals surface area contributed by atoms with Crippen molar-refractivity contribution in [2.75, 3.05) is 0 Å². The normalized spacial score (nSPS) is 14.7. The molecule has 1 atom stereocenters. The third kappa shape index (κ3) is 5.90. The molecule has 0 aromatic carbocycles. The van der Waals surface area contributed by atoms with E-state index in [1.54, 1.807) is 24.3 Å². The minimum Gasteiger partial charge on any atom is -0.0991 e. The lowest BCUT2D eigenvalue weighted by molar-refractivity contribution is 1.20. The topological polar surface area (TPSA) is 0 Å². The first-order valence-electron chi connectivity index (χ1n) is 5.70. The molecule has 0 aliphatic rings. The molecule has 2 radical (unpaired) electrons. The Morgan fingerprint density at radius 1 is 0.778 bits per heavy atom. The second-order valence-electron chi connectivity index (χ2n) is 3.47. The van der Waals surface area contributed by atoms with Gasteiger partial charge in [-0.05, 0) is 17.0 Å². The van der Waals surface area contributed by atoms with Crippen molar-refractivity contribution in [1.29, 1.82) is 0 Å². The highest BCUT2D eigenvalue weighted by molar-refractivity contribution is 6.16. The minimum absolute atomic E-state index is 0.244. The molecule has 0 saturated heterocycles. The Kier molecular flexibility index (Phi) is 9.02. The smallest absolute Gasteiger partial charge is 0.0828 e. The van der Waals surface area contributed by atoms with Crippen LogP contribution in [0.3, 0.4) is 0 Å². The van der Waals surface area contributed by atoms with E-state index in [0.717, 1.165) is 11.1 Å². The second-order valence-corrected chi connectivity index (χ2v) is 3.47. The predicted octanol–water partition coefficient (Wildman–Crippen LogP) is 4.65. The van der Waals surface area contributed by atoms with Crippen LogP contribution in [-0.2, 0) is 0 Å². The van der Waals surface area contributed by atoms with Gasteiger partial charge in [0.2, 0.25) is 0 Å². The Balaban J connectivity index is 5.20. The van der Waals surface area contributed by atoms with Crippen LogP contribution in [0, 0.1) is 0 Å². The number of hydrogen-bond acceptors (Lipinski definition) is 0. The molecule has 0 rings (SSSR count). The van der Waals surface area contributed by atoms with Gasteiger partial charge < -0.3 is 0 Å². The maximum atomic E-state index is 6.18. The zero-order valence-electron chi connectivity index (χ0n) is 10.8. The molecule has 1 heteroatoms. The van der Waals surface area contributed by atoms with Gasteiger partial charge in [-0.3, -0.25) is 0 Å². The average molecular weight is 234 g/mol. The monoisotopic (exact) mass is 234 g/mol. The van der Waals surface area contributed by atoms with E-state index in [9.17, 15) is 0 Å². The zero-order chi connectivity index (χ0) is 13.8. The largest absolute Gasteiger partial charge is 0.0991 e. The first-order chi connectivity index (χ1) is 8.71. The summed E-state index contributed by atoms with van der Waals surface area (Å²) >= 11 is 0. The van der Waals surface area contributed by atoms with Crippen molar-refractivity contribution in [3.63, 3.8) is 0 Å². The van der Waals surface area contributed by atoms with Crippen LogP contribution in [0.15, 0.2) is 98.2 Å². The van der Waals surface area contributed by atoms with Crippen molar-refractivity contribution in [2.45, 2.75) is 5.82 Å². The summed E-state index contributed by atoms with van der Waals surface area (Å²) < 4.78 is 0. The van der Waals surface area contributed by atoms with Gasteiger partial charge in [-0.1, -0.05) is 87.1 Å². The molecule has 18 heavy (non-hydrogen) atoms. The van der Waals surface area contributed by atoms with E-state index >= 15 is 0 Å². The average Bonchev–Trinajstić information content (AvgIpc) is 2.39. The summed E-state index contributed by atoms with van der Waals surface area (Å²) in [7, 11) is 6.18. The van der Waals surface area contributed by atoms with Crippen molar-refractivity contribution in [3.05, 3.63) is 98.2 Å². The molecule has 0 amide bonds. The summed E-state index contributed by atoms with van der Waals surface area (Å²) in [4.78, 5) is 0. The fourth-order valence-corrected chi connectivity index (χ4v) is 1.31. The lowest BCUT2D eigenvalue weighted by Crippen LogP contribution is -1.97. The fourth-order valence-electron chi connectivity index (χ4n) is 1.31. The van der Waals surface area contributed by atoms with Gasteiger partial charge in [0, 0.05) is 0 Å². The molecular formula is C17H19B. The summed E-state index contributed by atoms with van der Waals surface area (Å²) in [6.45, 7) is 14.7. The molecule has 0 fully saturated rings. The van der Waals surface area contributed by atoms with Crippen LogP contribution in [0.2, 0.25) is 5.82 Å². The van der Waals surface area contributed by atoms with Gasteiger partial charge in [0.15, 0.2) is 0 Å². The van der Waals surface area contributed by atoms with E-state index < -0.39 is 0 Å². The van der Waals surface area contributed by atoms with Gasteiger partial charge in [0.1, 0.15) is 0 Å². The Labute approximate surface area is 112 Å². The molecule has 0 nitrogen and oxygen atoms in total. The Morgan fingerprint density at radius 2 is 1.44 bits per heavy atom. The standard InChI is InChI=1S/C17H19B/c1-5-9-11-14-15(8-4)17(18)16(12-7-3)13-10-6-2/h5-14,17H,1-4H2/b11-9-,13-10-,15-14+,16-12+. The van der Waals surface area contributed by atoms with Crippen molar-refractivity contribution >= 4 is 7.85 Å². The van der Waals surface area contributed by atoms with E-state index in [1.807, 2.05) is 36.5 Å². The van der Waals surface area contributed by atoms with Crippen LogP contribution in [0.4, 0.5) is 0 Å². The van der Waals surface area contributed by atoms with Crippen molar-refractivity contribution in [1.82, 2.24) is 0 Å². The summed E-state index contributed by atoms with van der Waals surface area (Å²) in [5.74, 6) is -0.244. The molecule has 0 heterocycles. The molecule has 0 bridgehead atoms. The van der Waals surface area contributed by atoms with Crippen LogP contribution >= 0.6 is 0 Å². The maximum absolute atomic E-state index is 6.18. The quantitative estimate of drug-likeness (QED) is 0.423. The predicted molar refractivity (Wildman–Crippen MR) is 84.7 cm³/mol. The summed E-state index contributed by atoms with van der Waals surface area (Å²) in [6, 6.07) is 0. The molecule has 0 aliphatic heterocycles. The highest BCUT2D eigenvalue weighted by atomic mass is 14.1. The molecule has 0 aromatic heterocycles. The van der Waals surface area contributed by atoms with Crippen molar-refractivity contribution < 1.29 is 0 Å². The van der Waals surface area contributed by atoms with E-state index in [4.69, 9.17) is 7.85 Å². The van der Waals surface area contributed by atoms with E-state index in [0.29, 0.717) is 0 Å². The van der Waals surface area contributed by atoms with Gasteiger partial charge in [0.05, 0.1) is 7.85 Å². The Morgan fingerprint density at radius 3 is 1.94 bits per heavy atom. The van der Waals surface area contributed by atoms with Crippen LogP contribution in [-0.4, -0.2) is 7.85 Å². The molecule has 0 aliphatic carbocycles. The highest BCUT2D eigenvalue weighted by Crippen LogP contribution is 2.25. The van der Waals surface area contributed by atoms with Gasteiger partial charge >= 0.3 is 0 Å². The summed E-state index contributed by atoms with van der Waals surface area (Å²) in [5.41, 5.74) is 1.87. The number of hydrogen-bond donors (Lipinski definition) is 0. The van der Waals surface area contributed by atoms with Gasteiger partial charge in [0.25, 0.3) is 0 Å². The van der Waals surface area contributed by atoms with Crippen LogP contribution < -0.4 is 0 Å². The SMILES string of the molecule is [B]C(/C(C=C)=C/C=C\C=C)C(/C=C\C=C)=C/C=C. The fraction of sp³-hybridized carbons (Fsp3) is 0.0588.